The van der Waals surface area contributed by atoms with E-state index in [2.05, 4.69) is 9.91 Å². The molecule has 1 atom stereocenters. The summed E-state index contributed by atoms with van der Waals surface area (Å²) in [5, 5.41) is 0. The molecular formula is AlO2PSi. The lowest BCUT2D eigenvalue weighted by Gasteiger charge is -1.59. The van der Waals surface area contributed by atoms with Gasteiger partial charge in [0.2, 0.25) is 7.58 Å². The molecule has 1 unspecified atom stereocenters. The zero-order chi connectivity index (χ0) is 3.58. The van der Waals surface area contributed by atoms with E-state index in [4.69, 9.17) is 9.46 Å². The van der Waals surface area contributed by atoms with Crippen molar-refractivity contribution in [3.05, 3.63) is 0 Å². The molecule has 0 aromatic carbocycles. The maximum Gasteiger partial charge on any atom is 0.463 e. The maximum absolute atomic E-state index is 8.95. The zero-order valence-electron chi connectivity index (χ0n) is 2.34. The maximum atomic E-state index is 8.95. The fraction of sp³-hybridized carbons (Fsp3) is 0. The van der Waals surface area contributed by atoms with Crippen LogP contribution in [0.4, 0.5) is 0 Å². The van der Waals surface area contributed by atoms with E-state index in [9.17, 15) is 0 Å². The van der Waals surface area contributed by atoms with E-state index < -0.39 is 7.58 Å². The standard InChI is InChI=1S/Al.O2PSi/c;1-3(2)4. The summed E-state index contributed by atoms with van der Waals surface area (Å²) in [6.45, 7) is 0. The Labute approximate surface area is 44.9 Å². The first-order chi connectivity index (χ1) is 1.73. The summed E-state index contributed by atoms with van der Waals surface area (Å²) in [5.41, 5.74) is 0. The van der Waals surface area contributed by atoms with Gasteiger partial charge in [-0.1, -0.05) is 4.57 Å². The van der Waals surface area contributed by atoms with Crippen LogP contribution in [0.3, 0.4) is 0 Å². The van der Waals surface area contributed by atoms with Crippen molar-refractivity contribution in [1.82, 2.24) is 0 Å². The van der Waals surface area contributed by atoms with E-state index in [-0.39, 0.29) is 17.4 Å². The molecule has 5 heteroatoms. The Balaban J connectivity index is 0. The molecule has 0 spiro atoms. The van der Waals surface area contributed by atoms with Crippen LogP contribution in [0.25, 0.3) is 0 Å². The van der Waals surface area contributed by atoms with E-state index in [0.717, 1.165) is 0 Å². The molecule has 0 rings (SSSR count). The molecule has 0 aliphatic heterocycles. The smallest absolute Gasteiger partial charge is 0.463 e. The highest BCUT2D eigenvalue weighted by Gasteiger charge is 1.73. The molecule has 5 heavy (non-hydrogen) atoms. The largest absolute Gasteiger partial charge is 0.610 e. The minimum absolute atomic E-state index is 0. The number of hydrogen-bond donors (Lipinski definition) is 0. The molecule has 0 fully saturated rings. The van der Waals surface area contributed by atoms with Crippen LogP contribution < -0.4 is 4.89 Å². The normalized spacial score (nSPS) is 8.80. The SMILES string of the molecule is O=[P+]([O-])[Si].[Al]. The van der Waals surface area contributed by atoms with Gasteiger partial charge in [0.15, 0.2) is 0 Å². The highest BCUT2D eigenvalue weighted by Crippen LogP contribution is 1.88. The van der Waals surface area contributed by atoms with E-state index in [1.54, 1.807) is 0 Å². The second-order valence-electron chi connectivity index (χ2n) is 0.257. The van der Waals surface area contributed by atoms with Crippen LogP contribution in [0.5, 0.6) is 0 Å². The molecule has 6 radical (unpaired) electrons. The average Bonchev–Trinajstić information content (AvgIpc) is 0.811. The summed E-state index contributed by atoms with van der Waals surface area (Å²) in [6.07, 6.45) is 0. The van der Waals surface area contributed by atoms with Crippen LogP contribution in [0.2, 0.25) is 0 Å². The van der Waals surface area contributed by atoms with Crippen LogP contribution >= 0.6 is 7.58 Å². The molecule has 0 amide bonds. The summed E-state index contributed by atoms with van der Waals surface area (Å²) in [6, 6.07) is 0. The van der Waals surface area contributed by atoms with Gasteiger partial charge in [0.25, 0.3) is 0 Å². The van der Waals surface area contributed by atoms with E-state index in [0.29, 0.717) is 0 Å². The van der Waals surface area contributed by atoms with Gasteiger partial charge in [-0.25, -0.2) is 0 Å². The van der Waals surface area contributed by atoms with Crippen molar-refractivity contribution in [3.63, 3.8) is 0 Å². The molecule has 0 aromatic rings. The Kier molecular flexibility index (Phi) is 8.91. The summed E-state index contributed by atoms with van der Waals surface area (Å²) in [7, 11) is -0.0494. The number of hydrogen-bond acceptors (Lipinski definition) is 2. The molecule has 0 saturated heterocycles. The van der Waals surface area contributed by atoms with Crippen molar-refractivity contribution in [2.24, 2.45) is 0 Å². The predicted molar refractivity (Wildman–Crippen MR) is 19.1 cm³/mol. The summed E-state index contributed by atoms with van der Waals surface area (Å²) >= 11 is 0. The highest BCUT2D eigenvalue weighted by atomic mass is 31.4. The van der Waals surface area contributed by atoms with Gasteiger partial charge in [0.1, 0.15) is 0 Å². The average molecular weight is 118 g/mol. The van der Waals surface area contributed by atoms with Crippen molar-refractivity contribution in [3.8, 4) is 0 Å². The van der Waals surface area contributed by atoms with Gasteiger partial charge < -0.3 is 4.89 Å². The van der Waals surface area contributed by atoms with E-state index in [1.807, 2.05) is 0 Å². The predicted octanol–water partition coefficient (Wildman–Crippen LogP) is -1.21. The Morgan fingerprint density at radius 1 is 1.80 bits per heavy atom. The first-order valence-corrected chi connectivity index (χ1v) is 3.11. The van der Waals surface area contributed by atoms with Gasteiger partial charge in [0, 0.05) is 17.4 Å². The summed E-state index contributed by atoms with van der Waals surface area (Å²) < 4.78 is 8.95. The first-order valence-electron chi connectivity index (χ1n) is 0.589. The molecule has 0 N–H and O–H groups in total. The second-order valence-corrected chi connectivity index (χ2v) is 1.87. The van der Waals surface area contributed by atoms with Crippen molar-refractivity contribution >= 4 is 34.8 Å². The molecule has 0 heterocycles. The molecule has 0 saturated carbocycles. The van der Waals surface area contributed by atoms with Crippen molar-refractivity contribution in [2.45, 2.75) is 0 Å². The van der Waals surface area contributed by atoms with Gasteiger partial charge in [0.05, 0.1) is 0 Å². The van der Waals surface area contributed by atoms with Gasteiger partial charge in [-0.2, -0.15) is 0 Å². The van der Waals surface area contributed by atoms with Gasteiger partial charge in [-0.3, -0.25) is 0 Å². The highest BCUT2D eigenvalue weighted by molar-refractivity contribution is 7.65. The molecule has 0 aliphatic carbocycles. The lowest BCUT2D eigenvalue weighted by Crippen LogP contribution is -1.79. The Hall–Kier alpha value is 0.809. The van der Waals surface area contributed by atoms with Crippen LogP contribution in [0.1, 0.15) is 0 Å². The molecule has 24 valence electrons. The second kappa shape index (κ2) is 4.81. The lowest BCUT2D eigenvalue weighted by atomic mass is 15.9. The zero-order valence-corrected chi connectivity index (χ0v) is 5.39. The van der Waals surface area contributed by atoms with Crippen LogP contribution in [-0.2, 0) is 4.57 Å². The monoisotopic (exact) mass is 118 g/mol. The van der Waals surface area contributed by atoms with Crippen LogP contribution in [-0.4, -0.2) is 27.3 Å². The Bertz CT molecular complexity index is 32.6. The van der Waals surface area contributed by atoms with Crippen LogP contribution in [0, 0.1) is 0 Å². The summed E-state index contributed by atoms with van der Waals surface area (Å²) in [5.74, 6) is 0. The third kappa shape index (κ3) is 57.9. The van der Waals surface area contributed by atoms with Gasteiger partial charge >= 0.3 is 9.91 Å². The topological polar surface area (TPSA) is 40.1 Å². The van der Waals surface area contributed by atoms with Crippen molar-refractivity contribution in [1.29, 1.82) is 0 Å². The third-order valence-electron chi connectivity index (χ3n) is 0. The fourth-order valence-corrected chi connectivity index (χ4v) is 0. The third-order valence-corrected chi connectivity index (χ3v) is 0. The molecule has 0 aromatic heterocycles. The van der Waals surface area contributed by atoms with E-state index in [1.165, 1.54) is 0 Å². The fourth-order valence-electron chi connectivity index (χ4n) is 0. The Morgan fingerprint density at radius 2 is 1.80 bits per heavy atom. The van der Waals surface area contributed by atoms with Gasteiger partial charge in [-0.15, -0.1) is 0 Å². The van der Waals surface area contributed by atoms with Crippen molar-refractivity contribution in [2.75, 3.05) is 0 Å². The molecule has 0 bridgehead atoms. The lowest BCUT2D eigenvalue weighted by molar-refractivity contribution is -0.158. The van der Waals surface area contributed by atoms with Crippen molar-refractivity contribution < 1.29 is 9.46 Å². The minimum atomic E-state index is -2.31. The quantitative estimate of drug-likeness (QED) is 0.296. The molecule has 2 nitrogen and oxygen atoms in total. The first kappa shape index (κ1) is 9.26. The van der Waals surface area contributed by atoms with Gasteiger partial charge in [-0.05, 0) is 0 Å². The minimum Gasteiger partial charge on any atom is -0.610 e. The van der Waals surface area contributed by atoms with E-state index >= 15 is 0 Å². The molecular weight excluding hydrogens is 118 g/mol. The molecule has 0 aliphatic rings. The Morgan fingerprint density at radius 3 is 1.80 bits per heavy atom. The number of rotatable bonds is 0. The van der Waals surface area contributed by atoms with Crippen LogP contribution in [0.15, 0.2) is 0 Å². The summed E-state index contributed by atoms with van der Waals surface area (Å²) in [4.78, 5) is 8.95.